The van der Waals surface area contributed by atoms with Crippen molar-refractivity contribution in [3.8, 4) is 0 Å². The van der Waals surface area contributed by atoms with Crippen LogP contribution in [0.3, 0.4) is 0 Å². The highest BCUT2D eigenvalue weighted by molar-refractivity contribution is 6.13. The lowest BCUT2D eigenvalue weighted by Gasteiger charge is -2.21. The molecule has 4 nitrogen and oxygen atoms in total. The molecule has 1 N–H and O–H groups in total. The predicted molar refractivity (Wildman–Crippen MR) is 110 cm³/mol. The highest BCUT2D eigenvalue weighted by Crippen LogP contribution is 2.35. The fourth-order valence-corrected chi connectivity index (χ4v) is 3.41. The number of nitrogens with one attached hydrogen (secondary N) is 1. The van der Waals surface area contributed by atoms with Crippen LogP contribution < -0.4 is 10.2 Å². The lowest BCUT2D eigenvalue weighted by Crippen LogP contribution is -2.23. The first-order valence-corrected chi connectivity index (χ1v) is 9.15. The molecule has 3 aromatic rings. The van der Waals surface area contributed by atoms with Crippen molar-refractivity contribution in [2.24, 2.45) is 0 Å². The van der Waals surface area contributed by atoms with Crippen molar-refractivity contribution in [2.45, 2.75) is 32.7 Å². The molecule has 2 heterocycles. The summed E-state index contributed by atoms with van der Waals surface area (Å²) >= 11 is 0. The highest BCUT2D eigenvalue weighted by Gasteiger charge is 2.31. The van der Waals surface area contributed by atoms with Gasteiger partial charge in [-0.05, 0) is 46.9 Å². The number of carbonyl (C=O) groups excluding carboxylic acids is 1. The van der Waals surface area contributed by atoms with Crippen LogP contribution in [0.15, 0.2) is 67.0 Å². The van der Waals surface area contributed by atoms with Crippen LogP contribution in [0.1, 0.15) is 42.3 Å². The lowest BCUT2D eigenvalue weighted by atomic mass is 9.87. The summed E-state index contributed by atoms with van der Waals surface area (Å²) in [7, 11) is 0. The number of anilines is 3. The topological polar surface area (TPSA) is 45.2 Å². The van der Waals surface area contributed by atoms with Gasteiger partial charge in [0.05, 0.1) is 17.8 Å². The SMILES string of the molecule is CC(C)(C)c1ccc(N2Cc3cccc(Nc4ccncc4)c3C2=O)cc1. The normalized spacial score (nSPS) is 13.6. The Bertz CT molecular complexity index is 973. The molecule has 0 spiro atoms. The second-order valence-electron chi connectivity index (χ2n) is 7.89. The summed E-state index contributed by atoms with van der Waals surface area (Å²) in [6.45, 7) is 7.16. The molecule has 2 aromatic carbocycles. The fraction of sp³-hybridized carbons (Fsp3) is 0.217. The van der Waals surface area contributed by atoms with Gasteiger partial charge in [0.15, 0.2) is 0 Å². The summed E-state index contributed by atoms with van der Waals surface area (Å²) in [4.78, 5) is 19.0. The van der Waals surface area contributed by atoms with Crippen LogP contribution in [0, 0.1) is 0 Å². The largest absolute Gasteiger partial charge is 0.355 e. The third kappa shape index (κ3) is 3.31. The monoisotopic (exact) mass is 357 g/mol. The molecular formula is C23H23N3O. The summed E-state index contributed by atoms with van der Waals surface area (Å²) in [5, 5.41) is 3.35. The quantitative estimate of drug-likeness (QED) is 0.693. The van der Waals surface area contributed by atoms with Gasteiger partial charge in [-0.25, -0.2) is 0 Å². The fourth-order valence-electron chi connectivity index (χ4n) is 3.41. The van der Waals surface area contributed by atoms with Crippen LogP contribution in [-0.2, 0) is 12.0 Å². The number of amides is 1. The van der Waals surface area contributed by atoms with Gasteiger partial charge >= 0.3 is 0 Å². The van der Waals surface area contributed by atoms with E-state index in [4.69, 9.17) is 0 Å². The Morgan fingerprint density at radius 2 is 1.67 bits per heavy atom. The van der Waals surface area contributed by atoms with Crippen LogP contribution in [0.5, 0.6) is 0 Å². The van der Waals surface area contributed by atoms with Gasteiger partial charge < -0.3 is 10.2 Å². The predicted octanol–water partition coefficient (Wildman–Crippen LogP) is 5.28. The molecule has 0 atom stereocenters. The molecular weight excluding hydrogens is 334 g/mol. The summed E-state index contributed by atoms with van der Waals surface area (Å²) < 4.78 is 0. The van der Waals surface area contributed by atoms with Gasteiger partial charge in [-0.2, -0.15) is 0 Å². The lowest BCUT2D eigenvalue weighted by molar-refractivity contribution is 0.0997. The third-order valence-corrected chi connectivity index (χ3v) is 4.94. The molecule has 0 fully saturated rings. The van der Waals surface area contributed by atoms with Crippen molar-refractivity contribution in [3.63, 3.8) is 0 Å². The molecule has 4 rings (SSSR count). The van der Waals surface area contributed by atoms with Crippen molar-refractivity contribution in [2.75, 3.05) is 10.2 Å². The number of carbonyl (C=O) groups is 1. The summed E-state index contributed by atoms with van der Waals surface area (Å²) in [5.74, 6) is 0.0330. The zero-order valence-electron chi connectivity index (χ0n) is 15.9. The highest BCUT2D eigenvalue weighted by atomic mass is 16.2. The first-order valence-electron chi connectivity index (χ1n) is 9.15. The van der Waals surface area contributed by atoms with E-state index < -0.39 is 0 Å². The minimum atomic E-state index is 0.0330. The van der Waals surface area contributed by atoms with E-state index in [2.05, 4.69) is 43.2 Å². The van der Waals surface area contributed by atoms with Gasteiger partial charge in [0.25, 0.3) is 5.91 Å². The number of nitrogens with zero attached hydrogens (tertiary/aromatic N) is 2. The van der Waals surface area contributed by atoms with E-state index in [1.807, 2.05) is 47.4 Å². The van der Waals surface area contributed by atoms with Crippen molar-refractivity contribution in [1.82, 2.24) is 4.98 Å². The molecule has 0 unspecified atom stereocenters. The molecule has 0 bridgehead atoms. The molecule has 1 aromatic heterocycles. The second kappa shape index (κ2) is 6.54. The zero-order chi connectivity index (χ0) is 19.0. The van der Waals surface area contributed by atoms with Gasteiger partial charge in [-0.1, -0.05) is 45.0 Å². The molecule has 1 amide bonds. The summed E-state index contributed by atoms with van der Waals surface area (Å²) in [5.41, 5.74) is 5.82. The smallest absolute Gasteiger partial charge is 0.261 e. The average Bonchev–Trinajstić information content (AvgIpc) is 3.00. The molecule has 1 aliphatic heterocycles. The number of pyridine rings is 1. The first-order chi connectivity index (χ1) is 12.9. The molecule has 0 radical (unpaired) electrons. The standard InChI is InChI=1S/C23H23N3O/c1-23(2,3)17-7-9-19(10-8-17)26-15-16-5-4-6-20(21(16)22(26)27)25-18-11-13-24-14-12-18/h4-14H,15H2,1-3H3,(H,24,25). The molecule has 1 aliphatic rings. The van der Waals surface area contributed by atoms with E-state index in [0.29, 0.717) is 6.54 Å². The van der Waals surface area contributed by atoms with Crippen molar-refractivity contribution in [3.05, 3.63) is 83.7 Å². The van der Waals surface area contributed by atoms with Crippen molar-refractivity contribution >= 4 is 23.0 Å². The Labute approximate surface area is 159 Å². The van der Waals surface area contributed by atoms with Crippen LogP contribution in [-0.4, -0.2) is 10.9 Å². The maximum Gasteiger partial charge on any atom is 0.261 e. The number of fused-ring (bicyclic) bond motifs is 1. The minimum Gasteiger partial charge on any atom is -0.355 e. The number of rotatable bonds is 3. The molecule has 4 heteroatoms. The van der Waals surface area contributed by atoms with Crippen LogP contribution in [0.25, 0.3) is 0 Å². The van der Waals surface area contributed by atoms with E-state index in [1.165, 1.54) is 5.56 Å². The Morgan fingerprint density at radius 3 is 2.33 bits per heavy atom. The van der Waals surface area contributed by atoms with E-state index in [0.717, 1.165) is 28.2 Å². The Hall–Kier alpha value is -3.14. The van der Waals surface area contributed by atoms with Crippen LogP contribution in [0.4, 0.5) is 17.1 Å². The molecule has 0 aliphatic carbocycles. The van der Waals surface area contributed by atoms with Crippen LogP contribution >= 0.6 is 0 Å². The number of aromatic nitrogens is 1. The molecule has 0 saturated carbocycles. The van der Waals surface area contributed by atoms with Gasteiger partial charge in [-0.3, -0.25) is 9.78 Å². The second-order valence-corrected chi connectivity index (χ2v) is 7.89. The van der Waals surface area contributed by atoms with E-state index >= 15 is 0 Å². The van der Waals surface area contributed by atoms with E-state index in [-0.39, 0.29) is 11.3 Å². The number of benzene rings is 2. The van der Waals surface area contributed by atoms with E-state index in [9.17, 15) is 4.79 Å². The Kier molecular flexibility index (Phi) is 4.19. The zero-order valence-corrected chi connectivity index (χ0v) is 15.9. The number of hydrogen-bond acceptors (Lipinski definition) is 3. The van der Waals surface area contributed by atoms with Gasteiger partial charge in [-0.15, -0.1) is 0 Å². The van der Waals surface area contributed by atoms with Gasteiger partial charge in [0.2, 0.25) is 0 Å². The van der Waals surface area contributed by atoms with Crippen LogP contribution in [0.2, 0.25) is 0 Å². The maximum absolute atomic E-state index is 13.2. The summed E-state index contributed by atoms with van der Waals surface area (Å²) in [6.07, 6.45) is 3.47. The third-order valence-electron chi connectivity index (χ3n) is 4.94. The summed E-state index contributed by atoms with van der Waals surface area (Å²) in [6, 6.07) is 18.0. The Balaban J connectivity index is 1.64. The maximum atomic E-state index is 13.2. The first kappa shape index (κ1) is 17.3. The van der Waals surface area contributed by atoms with Crippen molar-refractivity contribution < 1.29 is 4.79 Å². The van der Waals surface area contributed by atoms with Gasteiger partial charge in [0, 0.05) is 23.8 Å². The van der Waals surface area contributed by atoms with Crippen molar-refractivity contribution in [1.29, 1.82) is 0 Å². The molecule has 0 saturated heterocycles. The average molecular weight is 357 g/mol. The number of hydrogen-bond donors (Lipinski definition) is 1. The van der Waals surface area contributed by atoms with Gasteiger partial charge in [0.1, 0.15) is 0 Å². The minimum absolute atomic E-state index is 0.0330. The Morgan fingerprint density at radius 1 is 0.963 bits per heavy atom. The molecule has 136 valence electrons. The van der Waals surface area contributed by atoms with E-state index in [1.54, 1.807) is 12.4 Å². The molecule has 27 heavy (non-hydrogen) atoms.